The number of benzene rings is 2. The summed E-state index contributed by atoms with van der Waals surface area (Å²) < 4.78 is 59.5. The largest absolute Gasteiger partial charge is 0.467 e. The second-order valence-corrected chi connectivity index (χ2v) is 7.42. The van der Waals surface area contributed by atoms with Crippen molar-refractivity contribution in [3.05, 3.63) is 113 Å². The van der Waals surface area contributed by atoms with E-state index in [2.05, 4.69) is 4.98 Å². The van der Waals surface area contributed by atoms with Gasteiger partial charge in [-0.2, -0.15) is 13.2 Å². The third-order valence-corrected chi connectivity index (χ3v) is 5.05. The molecule has 1 amide bonds. The fourth-order valence-corrected chi connectivity index (χ4v) is 3.41. The first kappa shape index (κ1) is 22.3. The third-order valence-electron chi connectivity index (χ3n) is 5.05. The van der Waals surface area contributed by atoms with Crippen LogP contribution in [0.5, 0.6) is 0 Å². The summed E-state index contributed by atoms with van der Waals surface area (Å²) in [5.41, 5.74) is 0.0121. The highest BCUT2D eigenvalue weighted by Crippen LogP contribution is 2.29. The van der Waals surface area contributed by atoms with E-state index in [1.807, 2.05) is 0 Å². The van der Waals surface area contributed by atoms with E-state index in [-0.39, 0.29) is 25.5 Å². The van der Waals surface area contributed by atoms with E-state index >= 15 is 0 Å². The summed E-state index contributed by atoms with van der Waals surface area (Å²) in [7, 11) is 0. The zero-order valence-electron chi connectivity index (χ0n) is 17.3. The molecule has 0 atom stereocenters. The van der Waals surface area contributed by atoms with Gasteiger partial charge in [0.2, 0.25) is 0 Å². The summed E-state index contributed by atoms with van der Waals surface area (Å²) in [6.07, 6.45) is 0.221. The normalized spacial score (nSPS) is 11.5. The van der Waals surface area contributed by atoms with Gasteiger partial charge in [0, 0.05) is 24.5 Å². The molecule has 4 aromatic rings. The van der Waals surface area contributed by atoms with E-state index in [1.165, 1.54) is 47.7 Å². The highest BCUT2D eigenvalue weighted by molar-refractivity contribution is 5.94. The molecule has 0 saturated heterocycles. The Balaban J connectivity index is 1.58. The highest BCUT2D eigenvalue weighted by Gasteiger charge is 2.30. The molecule has 2 aromatic carbocycles. The maximum Gasteiger partial charge on any atom is 0.416 e. The van der Waals surface area contributed by atoms with E-state index in [4.69, 9.17) is 4.42 Å². The average Bonchev–Trinajstić information content (AvgIpc) is 3.45. The van der Waals surface area contributed by atoms with Crippen LogP contribution in [0, 0.1) is 5.82 Å². The Hall–Kier alpha value is -3.88. The Morgan fingerprint density at radius 2 is 1.82 bits per heavy atom. The van der Waals surface area contributed by atoms with Gasteiger partial charge in [0.25, 0.3) is 5.91 Å². The van der Waals surface area contributed by atoms with Crippen LogP contribution < -0.4 is 0 Å². The summed E-state index contributed by atoms with van der Waals surface area (Å²) in [4.78, 5) is 18.9. The number of furan rings is 1. The molecule has 2 heterocycles. The van der Waals surface area contributed by atoms with Crippen molar-refractivity contribution in [2.45, 2.75) is 25.8 Å². The van der Waals surface area contributed by atoms with Gasteiger partial charge in [-0.15, -0.1) is 0 Å². The monoisotopic (exact) mass is 457 g/mol. The first-order chi connectivity index (χ1) is 15.8. The molecule has 0 spiro atoms. The molecule has 0 radical (unpaired) electrons. The summed E-state index contributed by atoms with van der Waals surface area (Å²) in [5.74, 6) is 0.205. The van der Waals surface area contributed by atoms with Crippen molar-refractivity contribution in [2.24, 2.45) is 0 Å². The molecular weight excluding hydrogens is 438 g/mol. The van der Waals surface area contributed by atoms with Crippen molar-refractivity contribution in [1.82, 2.24) is 14.5 Å². The standard InChI is InChI=1S/C24H19F4N3O2/c25-20-8-6-18(7-9-20)23(32)31(15-21-5-2-12-33-21)16-22-29-10-11-30(22)14-17-3-1-4-19(13-17)24(26,27)28/h1-13H,14-16H2. The number of aromatic nitrogens is 2. The summed E-state index contributed by atoms with van der Waals surface area (Å²) in [5, 5.41) is 0. The van der Waals surface area contributed by atoms with Crippen molar-refractivity contribution in [3.8, 4) is 0 Å². The minimum atomic E-state index is -4.44. The van der Waals surface area contributed by atoms with Crippen molar-refractivity contribution in [2.75, 3.05) is 0 Å². The lowest BCUT2D eigenvalue weighted by atomic mass is 10.1. The lowest BCUT2D eigenvalue weighted by Crippen LogP contribution is -2.31. The Morgan fingerprint density at radius 1 is 1.03 bits per heavy atom. The van der Waals surface area contributed by atoms with Gasteiger partial charge >= 0.3 is 6.18 Å². The Kier molecular flexibility index (Phi) is 6.30. The molecule has 5 nitrogen and oxygen atoms in total. The van der Waals surface area contributed by atoms with Crippen molar-refractivity contribution < 1.29 is 26.8 Å². The smallest absolute Gasteiger partial charge is 0.416 e. The van der Waals surface area contributed by atoms with Crippen LogP contribution in [-0.2, 0) is 25.8 Å². The van der Waals surface area contributed by atoms with Crippen LogP contribution in [0.15, 0.2) is 83.7 Å². The topological polar surface area (TPSA) is 51.3 Å². The van der Waals surface area contributed by atoms with E-state index < -0.39 is 17.6 Å². The molecule has 2 aromatic heterocycles. The highest BCUT2D eigenvalue weighted by atomic mass is 19.4. The zero-order chi connectivity index (χ0) is 23.4. The predicted octanol–water partition coefficient (Wildman–Crippen LogP) is 5.52. The number of imidazole rings is 1. The number of amides is 1. The summed E-state index contributed by atoms with van der Waals surface area (Å²) in [6.45, 7) is 0.362. The van der Waals surface area contributed by atoms with Crippen molar-refractivity contribution in [3.63, 3.8) is 0 Å². The SMILES string of the molecule is O=C(c1ccc(F)cc1)N(Cc1ccco1)Cc1nccn1Cc1cccc(C(F)(F)F)c1. The zero-order valence-corrected chi connectivity index (χ0v) is 17.3. The van der Waals surface area contributed by atoms with E-state index in [1.54, 1.807) is 29.0 Å². The molecule has 0 fully saturated rings. The Labute approximate surface area is 186 Å². The number of rotatable bonds is 7. The fourth-order valence-electron chi connectivity index (χ4n) is 3.41. The molecule has 0 bridgehead atoms. The van der Waals surface area contributed by atoms with E-state index in [9.17, 15) is 22.4 Å². The number of carbonyl (C=O) groups excluding carboxylic acids is 1. The summed E-state index contributed by atoms with van der Waals surface area (Å²) >= 11 is 0. The quantitative estimate of drug-likeness (QED) is 0.343. The maximum absolute atomic E-state index is 13.3. The van der Waals surface area contributed by atoms with Gasteiger partial charge in [0.15, 0.2) is 0 Å². The fraction of sp³-hybridized carbons (Fsp3) is 0.167. The number of hydrogen-bond donors (Lipinski definition) is 0. The first-order valence-electron chi connectivity index (χ1n) is 10.0. The Bertz CT molecular complexity index is 1220. The number of nitrogens with zero attached hydrogens (tertiary/aromatic N) is 3. The van der Waals surface area contributed by atoms with Crippen LogP contribution in [0.3, 0.4) is 0 Å². The first-order valence-corrected chi connectivity index (χ1v) is 10.0. The van der Waals surface area contributed by atoms with Crippen molar-refractivity contribution in [1.29, 1.82) is 0 Å². The number of carbonyl (C=O) groups is 1. The lowest BCUT2D eigenvalue weighted by molar-refractivity contribution is -0.137. The predicted molar refractivity (Wildman–Crippen MR) is 111 cm³/mol. The second-order valence-electron chi connectivity index (χ2n) is 7.42. The molecule has 0 aliphatic rings. The van der Waals surface area contributed by atoms with Crippen LogP contribution in [-0.4, -0.2) is 20.4 Å². The number of hydrogen-bond acceptors (Lipinski definition) is 3. The summed E-state index contributed by atoms with van der Waals surface area (Å²) in [6, 6.07) is 13.7. The maximum atomic E-state index is 13.3. The van der Waals surface area contributed by atoms with Gasteiger partial charge < -0.3 is 13.9 Å². The van der Waals surface area contributed by atoms with Crippen molar-refractivity contribution >= 4 is 5.91 Å². The average molecular weight is 457 g/mol. The van der Waals surface area contributed by atoms with Crippen LogP contribution in [0.1, 0.15) is 33.1 Å². The number of alkyl halides is 3. The second kappa shape index (κ2) is 9.32. The van der Waals surface area contributed by atoms with Crippen LogP contribution in [0.4, 0.5) is 17.6 Å². The van der Waals surface area contributed by atoms with E-state index in [0.29, 0.717) is 22.7 Å². The minimum absolute atomic E-state index is 0.0723. The number of halogens is 4. The molecule has 4 rings (SSSR count). The molecular formula is C24H19F4N3O2. The lowest BCUT2D eigenvalue weighted by Gasteiger charge is -2.22. The molecule has 0 saturated carbocycles. The van der Waals surface area contributed by atoms with Gasteiger partial charge in [-0.05, 0) is 54.1 Å². The molecule has 0 aliphatic carbocycles. The third kappa shape index (κ3) is 5.49. The molecule has 170 valence electrons. The molecule has 0 unspecified atom stereocenters. The molecule has 0 aliphatic heterocycles. The van der Waals surface area contributed by atoms with Gasteiger partial charge in [-0.1, -0.05) is 12.1 Å². The van der Waals surface area contributed by atoms with Crippen LogP contribution >= 0.6 is 0 Å². The van der Waals surface area contributed by atoms with Crippen LogP contribution in [0.2, 0.25) is 0 Å². The minimum Gasteiger partial charge on any atom is -0.467 e. The van der Waals surface area contributed by atoms with Gasteiger partial charge in [-0.3, -0.25) is 4.79 Å². The van der Waals surface area contributed by atoms with Crippen LogP contribution in [0.25, 0.3) is 0 Å². The van der Waals surface area contributed by atoms with Gasteiger partial charge in [0.1, 0.15) is 17.4 Å². The Morgan fingerprint density at radius 3 is 2.52 bits per heavy atom. The molecule has 9 heteroatoms. The van der Waals surface area contributed by atoms with Gasteiger partial charge in [0.05, 0.1) is 24.9 Å². The molecule has 0 N–H and O–H groups in total. The van der Waals surface area contributed by atoms with Gasteiger partial charge in [-0.25, -0.2) is 9.37 Å². The molecule has 33 heavy (non-hydrogen) atoms. The van der Waals surface area contributed by atoms with E-state index in [0.717, 1.165) is 12.1 Å².